The number of benzene rings is 3. The molecule has 184 valence electrons. The van der Waals surface area contributed by atoms with E-state index in [0.29, 0.717) is 29.4 Å². The molecule has 3 N–H and O–H groups in total. The summed E-state index contributed by atoms with van der Waals surface area (Å²) in [7, 11) is 0.710. The van der Waals surface area contributed by atoms with E-state index in [0.717, 1.165) is 24.8 Å². The van der Waals surface area contributed by atoms with Crippen molar-refractivity contribution in [2.24, 2.45) is 0 Å². The summed E-state index contributed by atoms with van der Waals surface area (Å²) >= 11 is 0. The topological polar surface area (TPSA) is 106 Å². The van der Waals surface area contributed by atoms with Gasteiger partial charge >= 0.3 is 0 Å². The van der Waals surface area contributed by atoms with Gasteiger partial charge in [0.25, 0.3) is 5.91 Å². The van der Waals surface area contributed by atoms with Crippen LogP contribution in [0.25, 0.3) is 0 Å². The van der Waals surface area contributed by atoms with Crippen molar-refractivity contribution < 1.29 is 22.7 Å². The van der Waals surface area contributed by atoms with Crippen molar-refractivity contribution in [1.82, 2.24) is 4.72 Å². The molecule has 9 heteroatoms. The van der Waals surface area contributed by atoms with E-state index < -0.39 is 10.0 Å². The molecule has 3 aromatic rings. The predicted octanol–water partition coefficient (Wildman–Crippen LogP) is 3.97. The van der Waals surface area contributed by atoms with Crippen molar-refractivity contribution >= 4 is 27.3 Å². The van der Waals surface area contributed by atoms with Gasteiger partial charge in [0.1, 0.15) is 11.5 Å². The molecule has 4 rings (SSSR count). The Labute approximate surface area is 205 Å². The molecule has 35 heavy (non-hydrogen) atoms. The van der Waals surface area contributed by atoms with E-state index in [2.05, 4.69) is 15.4 Å². The molecule has 0 bridgehead atoms. The highest BCUT2D eigenvalue weighted by atomic mass is 32.2. The van der Waals surface area contributed by atoms with Gasteiger partial charge in [0.05, 0.1) is 19.1 Å². The van der Waals surface area contributed by atoms with Crippen molar-refractivity contribution in [2.45, 2.75) is 30.7 Å². The van der Waals surface area contributed by atoms with Gasteiger partial charge in [-0.25, -0.2) is 13.1 Å². The molecule has 0 heterocycles. The van der Waals surface area contributed by atoms with Crippen molar-refractivity contribution in [3.8, 4) is 11.5 Å². The van der Waals surface area contributed by atoms with E-state index in [-0.39, 0.29) is 16.4 Å². The van der Waals surface area contributed by atoms with Gasteiger partial charge in [0, 0.05) is 29.5 Å². The average molecular weight is 496 g/mol. The first-order valence-corrected chi connectivity index (χ1v) is 12.8. The number of hydrogen-bond donors (Lipinski definition) is 3. The number of methoxy groups -OCH3 is 2. The van der Waals surface area contributed by atoms with Crippen molar-refractivity contribution in [3.63, 3.8) is 0 Å². The fourth-order valence-electron chi connectivity index (χ4n) is 4.13. The van der Waals surface area contributed by atoms with Crippen LogP contribution >= 0.6 is 0 Å². The van der Waals surface area contributed by atoms with Crippen LogP contribution in [-0.4, -0.2) is 35.6 Å². The highest BCUT2D eigenvalue weighted by molar-refractivity contribution is 7.89. The molecule has 0 atom stereocenters. The van der Waals surface area contributed by atoms with Gasteiger partial charge in [0.2, 0.25) is 10.0 Å². The van der Waals surface area contributed by atoms with Crippen molar-refractivity contribution in [3.05, 3.63) is 76.9 Å². The molecule has 1 amide bonds. The number of anilines is 2. The molecule has 3 aromatic carbocycles. The Morgan fingerprint density at radius 3 is 2.29 bits per heavy atom. The number of carbonyl (C=O) groups is 1. The Kier molecular flexibility index (Phi) is 7.28. The van der Waals surface area contributed by atoms with Crippen LogP contribution in [0, 0.1) is 0 Å². The van der Waals surface area contributed by atoms with Crippen LogP contribution < -0.4 is 24.8 Å². The van der Waals surface area contributed by atoms with Gasteiger partial charge in [-0.15, -0.1) is 0 Å². The van der Waals surface area contributed by atoms with Gasteiger partial charge in [0.15, 0.2) is 0 Å². The maximum absolute atomic E-state index is 13.1. The number of carbonyl (C=O) groups excluding carboxylic acids is 1. The SMILES string of the molecule is CNS(=O)(=O)c1cc(NCc2cc(OC)cc(OC)c2)cc(C(=O)Nc2ccc3c(c2)CCC3)c1. The maximum atomic E-state index is 13.1. The quantitative estimate of drug-likeness (QED) is 0.415. The maximum Gasteiger partial charge on any atom is 0.255 e. The molecular formula is C26H29N3O5S. The zero-order chi connectivity index (χ0) is 25.0. The molecule has 8 nitrogen and oxygen atoms in total. The number of nitrogens with one attached hydrogen (secondary N) is 3. The largest absolute Gasteiger partial charge is 0.497 e. The van der Waals surface area contributed by atoms with Crippen LogP contribution in [0.2, 0.25) is 0 Å². The Morgan fingerprint density at radius 2 is 1.60 bits per heavy atom. The first-order valence-electron chi connectivity index (χ1n) is 11.3. The van der Waals surface area contributed by atoms with Crippen LogP contribution in [0.15, 0.2) is 59.5 Å². The van der Waals surface area contributed by atoms with Crippen LogP contribution in [0.3, 0.4) is 0 Å². The van der Waals surface area contributed by atoms with Gasteiger partial charge < -0.3 is 20.1 Å². The summed E-state index contributed by atoms with van der Waals surface area (Å²) in [4.78, 5) is 13.1. The highest BCUT2D eigenvalue weighted by Crippen LogP contribution is 2.27. The molecule has 0 saturated carbocycles. The second-order valence-electron chi connectivity index (χ2n) is 8.32. The fraction of sp³-hybridized carbons (Fsp3) is 0.269. The van der Waals surface area contributed by atoms with E-state index in [1.807, 2.05) is 30.3 Å². The zero-order valence-electron chi connectivity index (χ0n) is 20.0. The lowest BCUT2D eigenvalue weighted by atomic mass is 10.1. The Hall–Kier alpha value is -3.56. The monoisotopic (exact) mass is 495 g/mol. The first-order chi connectivity index (χ1) is 16.8. The molecule has 0 aliphatic heterocycles. The molecule has 1 aliphatic carbocycles. The number of aryl methyl sites for hydroxylation is 2. The first kappa shape index (κ1) is 24.6. The molecule has 0 unspecified atom stereocenters. The number of hydrogen-bond acceptors (Lipinski definition) is 6. The minimum absolute atomic E-state index is 0.00711. The van der Waals surface area contributed by atoms with Gasteiger partial charge in [-0.3, -0.25) is 4.79 Å². The lowest BCUT2D eigenvalue weighted by molar-refractivity contribution is 0.102. The number of fused-ring (bicyclic) bond motifs is 1. The summed E-state index contributed by atoms with van der Waals surface area (Å²) in [5.74, 6) is 0.895. The Morgan fingerprint density at radius 1 is 0.886 bits per heavy atom. The van der Waals surface area contributed by atoms with Crippen molar-refractivity contribution in [1.29, 1.82) is 0 Å². The average Bonchev–Trinajstić information content (AvgIpc) is 3.35. The van der Waals surface area contributed by atoms with Crippen LogP contribution in [0.5, 0.6) is 11.5 Å². The summed E-state index contributed by atoms with van der Waals surface area (Å²) < 4.78 is 38.0. The number of sulfonamides is 1. The zero-order valence-corrected chi connectivity index (χ0v) is 20.8. The minimum Gasteiger partial charge on any atom is -0.497 e. The minimum atomic E-state index is -3.77. The van der Waals surface area contributed by atoms with Crippen LogP contribution in [-0.2, 0) is 29.4 Å². The molecule has 0 fully saturated rings. The number of amides is 1. The van der Waals surface area contributed by atoms with Gasteiger partial charge in [-0.1, -0.05) is 6.07 Å². The highest BCUT2D eigenvalue weighted by Gasteiger charge is 2.18. The standard InChI is InChI=1S/C26H29N3O5S/c1-27-35(31,32)25-13-20(26(30)29-21-8-7-18-5-4-6-19(18)11-21)12-22(14-25)28-16-17-9-23(33-2)15-24(10-17)34-3/h7-15,27-28H,4-6,16H2,1-3H3,(H,29,30). The third-order valence-corrected chi connectivity index (χ3v) is 7.41. The molecule has 0 aromatic heterocycles. The van der Waals surface area contributed by atoms with Gasteiger partial charge in [-0.05, 0) is 85.5 Å². The summed E-state index contributed by atoms with van der Waals surface area (Å²) in [6, 6.07) is 15.9. The molecular weight excluding hydrogens is 466 g/mol. The third-order valence-electron chi connectivity index (χ3n) is 6.01. The lowest BCUT2D eigenvalue weighted by Crippen LogP contribution is -2.20. The second kappa shape index (κ2) is 10.4. The van der Waals surface area contributed by atoms with Crippen LogP contribution in [0.1, 0.15) is 33.5 Å². The smallest absolute Gasteiger partial charge is 0.255 e. The normalized spacial score (nSPS) is 12.7. The number of ether oxygens (including phenoxy) is 2. The molecule has 0 saturated heterocycles. The summed E-state index contributed by atoms with van der Waals surface area (Å²) in [6.07, 6.45) is 3.17. The molecule has 0 radical (unpaired) electrons. The third kappa shape index (κ3) is 5.75. The Balaban J connectivity index is 1.60. The fourth-order valence-corrected chi connectivity index (χ4v) is 4.93. The summed E-state index contributed by atoms with van der Waals surface area (Å²) in [6.45, 7) is 0.364. The summed E-state index contributed by atoms with van der Waals surface area (Å²) in [5.41, 5.74) is 4.83. The van der Waals surface area contributed by atoms with E-state index in [4.69, 9.17) is 9.47 Å². The van der Waals surface area contributed by atoms with E-state index in [9.17, 15) is 13.2 Å². The summed E-state index contributed by atoms with van der Waals surface area (Å²) in [5, 5.41) is 6.11. The predicted molar refractivity (Wildman–Crippen MR) is 136 cm³/mol. The molecule has 1 aliphatic rings. The lowest BCUT2D eigenvalue weighted by Gasteiger charge is -2.14. The second-order valence-corrected chi connectivity index (χ2v) is 10.2. The Bertz CT molecular complexity index is 1330. The molecule has 0 spiro atoms. The van der Waals surface area contributed by atoms with Crippen molar-refractivity contribution in [2.75, 3.05) is 31.9 Å². The van der Waals surface area contributed by atoms with Gasteiger partial charge in [-0.2, -0.15) is 0 Å². The van der Waals surface area contributed by atoms with E-state index in [1.165, 1.54) is 30.3 Å². The van der Waals surface area contributed by atoms with E-state index in [1.54, 1.807) is 26.4 Å². The number of rotatable bonds is 9. The van der Waals surface area contributed by atoms with Crippen LogP contribution in [0.4, 0.5) is 11.4 Å². The van der Waals surface area contributed by atoms with E-state index >= 15 is 0 Å².